The van der Waals surface area contributed by atoms with Gasteiger partial charge in [0.05, 0.1) is 13.2 Å². The number of carbonyl (C=O) groups is 1. The molecule has 1 N–H and O–H groups in total. The Kier molecular flexibility index (Phi) is 8.37. The molecule has 0 aliphatic carbocycles. The Labute approximate surface area is 145 Å². The molecule has 130 valence electrons. The standard InChI is InChI=1S/C17H27N3O2.ClH/c1-4-22-16-7-5-15(6-8-16)12-19(3)17(21)13-20-10-9-18-11-14(20)2;/h5-8,14,18H,4,9-13H2,1-3H3;1H/t14-;/m0./s1. The highest BCUT2D eigenvalue weighted by molar-refractivity contribution is 5.85. The van der Waals surface area contributed by atoms with Gasteiger partial charge in [0.1, 0.15) is 5.75 Å². The van der Waals surface area contributed by atoms with Crippen molar-refractivity contribution in [3.8, 4) is 5.75 Å². The Morgan fingerprint density at radius 3 is 2.70 bits per heavy atom. The number of rotatable bonds is 6. The molecule has 1 aromatic rings. The van der Waals surface area contributed by atoms with Gasteiger partial charge in [-0.25, -0.2) is 0 Å². The summed E-state index contributed by atoms with van der Waals surface area (Å²) in [4.78, 5) is 16.4. The van der Waals surface area contributed by atoms with Crippen molar-refractivity contribution in [2.45, 2.75) is 26.4 Å². The van der Waals surface area contributed by atoms with Crippen molar-refractivity contribution in [2.75, 3.05) is 39.8 Å². The molecule has 0 bridgehead atoms. The van der Waals surface area contributed by atoms with Crippen LogP contribution in [0.2, 0.25) is 0 Å². The van der Waals surface area contributed by atoms with Crippen LogP contribution in [0.15, 0.2) is 24.3 Å². The van der Waals surface area contributed by atoms with E-state index in [0.29, 0.717) is 25.7 Å². The third-order valence-corrected chi connectivity index (χ3v) is 4.06. The lowest BCUT2D eigenvalue weighted by Crippen LogP contribution is -2.52. The lowest BCUT2D eigenvalue weighted by atomic mass is 10.2. The highest BCUT2D eigenvalue weighted by Crippen LogP contribution is 2.13. The van der Waals surface area contributed by atoms with Crippen LogP contribution >= 0.6 is 12.4 Å². The highest BCUT2D eigenvalue weighted by atomic mass is 35.5. The lowest BCUT2D eigenvalue weighted by molar-refractivity contribution is -0.132. The Morgan fingerprint density at radius 2 is 2.09 bits per heavy atom. The zero-order valence-corrected chi connectivity index (χ0v) is 15.1. The second kappa shape index (κ2) is 9.75. The van der Waals surface area contributed by atoms with Gasteiger partial charge in [0.2, 0.25) is 5.91 Å². The first kappa shape index (κ1) is 19.7. The van der Waals surface area contributed by atoms with Gasteiger partial charge in [-0.3, -0.25) is 9.69 Å². The Hall–Kier alpha value is -1.30. The quantitative estimate of drug-likeness (QED) is 0.856. The van der Waals surface area contributed by atoms with Crippen molar-refractivity contribution in [3.05, 3.63) is 29.8 Å². The highest BCUT2D eigenvalue weighted by Gasteiger charge is 2.21. The van der Waals surface area contributed by atoms with E-state index in [-0.39, 0.29) is 18.3 Å². The predicted molar refractivity (Wildman–Crippen MR) is 95.2 cm³/mol. The van der Waals surface area contributed by atoms with E-state index in [1.165, 1.54) is 0 Å². The number of likely N-dealkylation sites (N-methyl/N-ethyl adjacent to an activating group) is 1. The van der Waals surface area contributed by atoms with E-state index < -0.39 is 0 Å². The number of benzene rings is 1. The van der Waals surface area contributed by atoms with Crippen molar-refractivity contribution in [1.82, 2.24) is 15.1 Å². The molecule has 1 saturated heterocycles. The number of ether oxygens (including phenoxy) is 1. The van der Waals surface area contributed by atoms with Gasteiger partial charge in [0.25, 0.3) is 0 Å². The third kappa shape index (κ3) is 6.01. The average Bonchev–Trinajstić information content (AvgIpc) is 2.51. The van der Waals surface area contributed by atoms with Crippen LogP contribution in [0.1, 0.15) is 19.4 Å². The summed E-state index contributed by atoms with van der Waals surface area (Å²) in [5, 5.41) is 3.34. The number of hydrogen-bond acceptors (Lipinski definition) is 4. The van der Waals surface area contributed by atoms with Crippen molar-refractivity contribution in [2.24, 2.45) is 0 Å². The van der Waals surface area contributed by atoms with Crippen LogP contribution in [0.4, 0.5) is 0 Å². The third-order valence-electron chi connectivity index (χ3n) is 4.06. The first-order chi connectivity index (χ1) is 10.6. The first-order valence-corrected chi connectivity index (χ1v) is 8.00. The molecule has 1 fully saturated rings. The SMILES string of the molecule is CCOc1ccc(CN(C)C(=O)CN2CCNC[C@@H]2C)cc1.Cl. The van der Waals surface area contributed by atoms with Gasteiger partial charge >= 0.3 is 0 Å². The molecule has 1 aromatic carbocycles. The minimum absolute atomic E-state index is 0. The summed E-state index contributed by atoms with van der Waals surface area (Å²) in [5.74, 6) is 1.04. The zero-order chi connectivity index (χ0) is 15.9. The summed E-state index contributed by atoms with van der Waals surface area (Å²) in [6.45, 7) is 8.77. The number of carbonyl (C=O) groups excluding carboxylic acids is 1. The monoisotopic (exact) mass is 341 g/mol. The molecule has 2 rings (SSSR count). The normalized spacial score (nSPS) is 18.1. The van der Waals surface area contributed by atoms with Crippen LogP contribution in [-0.4, -0.2) is 61.6 Å². The van der Waals surface area contributed by atoms with Gasteiger partial charge in [0.15, 0.2) is 0 Å². The van der Waals surface area contributed by atoms with Gasteiger partial charge in [-0.15, -0.1) is 12.4 Å². The lowest BCUT2D eigenvalue weighted by Gasteiger charge is -2.34. The predicted octanol–water partition coefficient (Wildman–Crippen LogP) is 1.76. The molecule has 5 nitrogen and oxygen atoms in total. The average molecular weight is 342 g/mol. The van der Waals surface area contributed by atoms with Gasteiger partial charge in [-0.1, -0.05) is 12.1 Å². The second-order valence-electron chi connectivity index (χ2n) is 5.85. The van der Waals surface area contributed by atoms with E-state index in [1.807, 2.05) is 38.2 Å². The van der Waals surface area contributed by atoms with Crippen LogP contribution in [0.3, 0.4) is 0 Å². The minimum Gasteiger partial charge on any atom is -0.494 e. The molecular formula is C17H28ClN3O2. The Bertz CT molecular complexity index is 481. The van der Waals surface area contributed by atoms with Crippen molar-refractivity contribution in [1.29, 1.82) is 0 Å². The van der Waals surface area contributed by atoms with Gasteiger partial charge < -0.3 is 15.0 Å². The maximum absolute atomic E-state index is 12.4. The smallest absolute Gasteiger partial charge is 0.236 e. The summed E-state index contributed by atoms with van der Waals surface area (Å²) in [5.41, 5.74) is 1.12. The van der Waals surface area contributed by atoms with E-state index in [4.69, 9.17) is 4.74 Å². The summed E-state index contributed by atoms with van der Waals surface area (Å²) >= 11 is 0. The molecule has 23 heavy (non-hydrogen) atoms. The summed E-state index contributed by atoms with van der Waals surface area (Å²) < 4.78 is 5.43. The number of nitrogens with one attached hydrogen (secondary N) is 1. The largest absolute Gasteiger partial charge is 0.494 e. The first-order valence-electron chi connectivity index (χ1n) is 8.00. The topological polar surface area (TPSA) is 44.8 Å². The fourth-order valence-corrected chi connectivity index (χ4v) is 2.63. The molecule has 1 aliphatic rings. The van der Waals surface area contributed by atoms with E-state index in [2.05, 4.69) is 17.1 Å². The maximum Gasteiger partial charge on any atom is 0.236 e. The Balaban J connectivity index is 0.00000264. The molecule has 0 saturated carbocycles. The van der Waals surface area contributed by atoms with Crippen LogP contribution in [0.25, 0.3) is 0 Å². The van der Waals surface area contributed by atoms with E-state index >= 15 is 0 Å². The molecule has 1 amide bonds. The zero-order valence-electron chi connectivity index (χ0n) is 14.2. The fourth-order valence-electron chi connectivity index (χ4n) is 2.63. The fraction of sp³-hybridized carbons (Fsp3) is 0.588. The maximum atomic E-state index is 12.4. The number of halogens is 1. The van der Waals surface area contributed by atoms with E-state index in [9.17, 15) is 4.79 Å². The second-order valence-corrected chi connectivity index (χ2v) is 5.85. The number of hydrogen-bond donors (Lipinski definition) is 1. The Morgan fingerprint density at radius 1 is 1.39 bits per heavy atom. The van der Waals surface area contributed by atoms with Crippen molar-refractivity contribution >= 4 is 18.3 Å². The van der Waals surface area contributed by atoms with Crippen molar-refractivity contribution < 1.29 is 9.53 Å². The van der Waals surface area contributed by atoms with E-state index in [0.717, 1.165) is 30.9 Å². The minimum atomic E-state index is 0. The summed E-state index contributed by atoms with van der Waals surface area (Å²) in [6.07, 6.45) is 0. The molecule has 1 aliphatic heterocycles. The molecular weight excluding hydrogens is 314 g/mol. The molecule has 0 aromatic heterocycles. The van der Waals surface area contributed by atoms with Crippen LogP contribution < -0.4 is 10.1 Å². The number of piperazine rings is 1. The molecule has 0 radical (unpaired) electrons. The molecule has 1 atom stereocenters. The molecule has 0 unspecified atom stereocenters. The van der Waals surface area contributed by atoms with Crippen LogP contribution in [0.5, 0.6) is 5.75 Å². The molecule has 0 spiro atoms. The summed E-state index contributed by atoms with van der Waals surface area (Å²) in [6, 6.07) is 8.35. The van der Waals surface area contributed by atoms with Gasteiger partial charge in [0, 0.05) is 39.3 Å². The van der Waals surface area contributed by atoms with E-state index in [1.54, 1.807) is 4.90 Å². The molecule has 6 heteroatoms. The number of nitrogens with zero attached hydrogens (tertiary/aromatic N) is 2. The van der Waals surface area contributed by atoms with Crippen molar-refractivity contribution in [3.63, 3.8) is 0 Å². The number of amides is 1. The van der Waals surface area contributed by atoms with Gasteiger partial charge in [-0.05, 0) is 31.5 Å². The van der Waals surface area contributed by atoms with Crippen LogP contribution in [-0.2, 0) is 11.3 Å². The van der Waals surface area contributed by atoms with Crippen LogP contribution in [0, 0.1) is 0 Å². The van der Waals surface area contributed by atoms with Gasteiger partial charge in [-0.2, -0.15) is 0 Å². The summed E-state index contributed by atoms with van der Waals surface area (Å²) in [7, 11) is 1.87. The molecule has 1 heterocycles.